The van der Waals surface area contributed by atoms with Crippen LogP contribution in [-0.4, -0.2) is 30.5 Å². The van der Waals surface area contributed by atoms with Crippen molar-refractivity contribution in [3.63, 3.8) is 0 Å². The van der Waals surface area contributed by atoms with E-state index in [0.29, 0.717) is 12.1 Å². The lowest BCUT2D eigenvalue weighted by Crippen LogP contribution is -2.32. The SMILES string of the molecule is Cc1nc(C(C)NCC(c2cccs2)N(C)C)c(C)s1. The molecule has 0 bridgehead atoms. The number of aryl methyl sites for hydroxylation is 2. The van der Waals surface area contributed by atoms with Gasteiger partial charge in [-0.1, -0.05) is 6.07 Å². The molecule has 2 atom stereocenters. The molecule has 2 heterocycles. The quantitative estimate of drug-likeness (QED) is 0.880. The van der Waals surface area contributed by atoms with E-state index in [1.165, 1.54) is 15.4 Å². The molecule has 2 rings (SSSR count). The summed E-state index contributed by atoms with van der Waals surface area (Å²) in [7, 11) is 4.27. The standard InChI is InChI=1S/C15H23N3S2/c1-10(15-11(2)20-12(3)17-15)16-9-13(18(4)5)14-7-6-8-19-14/h6-8,10,13,16H,9H2,1-5H3. The van der Waals surface area contributed by atoms with Gasteiger partial charge in [0.1, 0.15) is 0 Å². The summed E-state index contributed by atoms with van der Waals surface area (Å²) in [5, 5.41) is 6.92. The van der Waals surface area contributed by atoms with Crippen molar-refractivity contribution in [2.75, 3.05) is 20.6 Å². The molecule has 0 aliphatic rings. The monoisotopic (exact) mass is 309 g/mol. The average molecular weight is 310 g/mol. The molecule has 110 valence electrons. The van der Waals surface area contributed by atoms with Crippen molar-refractivity contribution in [1.82, 2.24) is 15.2 Å². The number of nitrogens with zero attached hydrogens (tertiary/aromatic N) is 2. The summed E-state index contributed by atoms with van der Waals surface area (Å²) in [4.78, 5) is 9.63. The average Bonchev–Trinajstić information content (AvgIpc) is 2.99. The van der Waals surface area contributed by atoms with E-state index in [1.807, 2.05) is 11.3 Å². The molecule has 2 unspecified atom stereocenters. The lowest BCUT2D eigenvalue weighted by Gasteiger charge is -2.25. The number of hydrogen-bond donors (Lipinski definition) is 1. The number of nitrogens with one attached hydrogen (secondary N) is 1. The van der Waals surface area contributed by atoms with Crippen molar-refractivity contribution in [1.29, 1.82) is 0 Å². The van der Waals surface area contributed by atoms with Gasteiger partial charge in [-0.3, -0.25) is 0 Å². The molecule has 0 saturated heterocycles. The Morgan fingerprint density at radius 1 is 1.35 bits per heavy atom. The highest BCUT2D eigenvalue weighted by Crippen LogP contribution is 2.25. The Morgan fingerprint density at radius 3 is 2.60 bits per heavy atom. The van der Waals surface area contributed by atoms with Crippen LogP contribution in [0, 0.1) is 13.8 Å². The summed E-state index contributed by atoms with van der Waals surface area (Å²) in [6, 6.07) is 5.04. The van der Waals surface area contributed by atoms with Crippen LogP contribution >= 0.6 is 22.7 Å². The first-order valence-electron chi connectivity index (χ1n) is 6.86. The highest BCUT2D eigenvalue weighted by atomic mass is 32.1. The van der Waals surface area contributed by atoms with Crippen LogP contribution in [0.2, 0.25) is 0 Å². The molecule has 0 amide bonds. The zero-order valence-electron chi connectivity index (χ0n) is 12.8. The van der Waals surface area contributed by atoms with Gasteiger partial charge in [0.15, 0.2) is 0 Å². The van der Waals surface area contributed by atoms with Gasteiger partial charge in [0.05, 0.1) is 16.7 Å². The molecule has 0 spiro atoms. The molecule has 0 aliphatic heterocycles. The second kappa shape index (κ2) is 6.80. The van der Waals surface area contributed by atoms with Crippen molar-refractivity contribution < 1.29 is 0 Å². The Morgan fingerprint density at radius 2 is 2.10 bits per heavy atom. The van der Waals surface area contributed by atoms with Crippen molar-refractivity contribution in [3.05, 3.63) is 38.0 Å². The summed E-state index contributed by atoms with van der Waals surface area (Å²) in [5.74, 6) is 0. The van der Waals surface area contributed by atoms with Gasteiger partial charge in [-0.15, -0.1) is 22.7 Å². The van der Waals surface area contributed by atoms with E-state index < -0.39 is 0 Å². The first-order chi connectivity index (χ1) is 9.49. The van der Waals surface area contributed by atoms with Gasteiger partial charge in [-0.05, 0) is 46.3 Å². The number of hydrogen-bond acceptors (Lipinski definition) is 5. The van der Waals surface area contributed by atoms with Crippen LogP contribution in [-0.2, 0) is 0 Å². The van der Waals surface area contributed by atoms with E-state index in [0.717, 1.165) is 11.6 Å². The molecule has 0 radical (unpaired) electrons. The topological polar surface area (TPSA) is 28.2 Å². The molecule has 3 nitrogen and oxygen atoms in total. The van der Waals surface area contributed by atoms with Gasteiger partial charge in [0, 0.05) is 22.3 Å². The number of likely N-dealkylation sites (N-methyl/N-ethyl adjacent to an activating group) is 1. The summed E-state index contributed by atoms with van der Waals surface area (Å²) >= 11 is 3.60. The smallest absolute Gasteiger partial charge is 0.0900 e. The predicted octanol–water partition coefficient (Wildman–Crippen LogP) is 3.77. The molecule has 5 heteroatoms. The Balaban J connectivity index is 2.01. The van der Waals surface area contributed by atoms with E-state index >= 15 is 0 Å². The number of thiophene rings is 1. The van der Waals surface area contributed by atoms with Crippen LogP contribution in [0.3, 0.4) is 0 Å². The fraction of sp³-hybridized carbons (Fsp3) is 0.533. The molecule has 0 fully saturated rings. The zero-order valence-corrected chi connectivity index (χ0v) is 14.4. The summed E-state index contributed by atoms with van der Waals surface area (Å²) in [6.45, 7) is 7.36. The highest BCUT2D eigenvalue weighted by molar-refractivity contribution is 7.11. The van der Waals surface area contributed by atoms with E-state index in [4.69, 9.17) is 0 Å². The minimum Gasteiger partial charge on any atom is -0.307 e. The molecule has 0 aromatic carbocycles. The van der Waals surface area contributed by atoms with Gasteiger partial charge in [-0.2, -0.15) is 0 Å². The molecular weight excluding hydrogens is 286 g/mol. The molecule has 0 saturated carbocycles. The largest absolute Gasteiger partial charge is 0.307 e. The Labute approximate surface area is 129 Å². The van der Waals surface area contributed by atoms with Crippen LogP contribution < -0.4 is 5.32 Å². The Bertz CT molecular complexity index is 531. The maximum absolute atomic E-state index is 4.64. The number of thiazole rings is 1. The van der Waals surface area contributed by atoms with Gasteiger partial charge in [-0.25, -0.2) is 4.98 Å². The van der Waals surface area contributed by atoms with E-state index in [2.05, 4.69) is 67.6 Å². The lowest BCUT2D eigenvalue weighted by atomic mass is 10.1. The first kappa shape index (κ1) is 15.6. The van der Waals surface area contributed by atoms with Gasteiger partial charge < -0.3 is 10.2 Å². The second-order valence-electron chi connectivity index (χ2n) is 5.30. The molecule has 2 aromatic rings. The minimum atomic E-state index is 0.294. The predicted molar refractivity (Wildman–Crippen MR) is 88.8 cm³/mol. The fourth-order valence-corrected chi connectivity index (χ4v) is 4.19. The molecular formula is C15H23N3S2. The minimum absolute atomic E-state index is 0.294. The van der Waals surface area contributed by atoms with E-state index in [9.17, 15) is 0 Å². The summed E-state index contributed by atoms with van der Waals surface area (Å²) in [5.41, 5.74) is 1.19. The van der Waals surface area contributed by atoms with Gasteiger partial charge in [0.25, 0.3) is 0 Å². The highest BCUT2D eigenvalue weighted by Gasteiger charge is 2.18. The molecule has 2 aromatic heterocycles. The third-order valence-electron chi connectivity index (χ3n) is 3.46. The van der Waals surface area contributed by atoms with Crippen molar-refractivity contribution >= 4 is 22.7 Å². The van der Waals surface area contributed by atoms with Gasteiger partial charge in [0.2, 0.25) is 0 Å². The third kappa shape index (κ3) is 3.67. The second-order valence-corrected chi connectivity index (χ2v) is 7.69. The maximum Gasteiger partial charge on any atom is 0.0900 e. The fourth-order valence-electron chi connectivity index (χ4n) is 2.35. The van der Waals surface area contributed by atoms with Gasteiger partial charge >= 0.3 is 0 Å². The molecule has 1 N–H and O–H groups in total. The van der Waals surface area contributed by atoms with Crippen LogP contribution in [0.5, 0.6) is 0 Å². The normalized spacial score (nSPS) is 14.7. The van der Waals surface area contributed by atoms with Crippen molar-refractivity contribution in [2.45, 2.75) is 32.9 Å². The maximum atomic E-state index is 4.64. The van der Waals surface area contributed by atoms with Crippen LogP contribution in [0.25, 0.3) is 0 Å². The first-order valence-corrected chi connectivity index (χ1v) is 8.55. The number of rotatable bonds is 6. The van der Waals surface area contributed by atoms with Crippen LogP contribution in [0.15, 0.2) is 17.5 Å². The van der Waals surface area contributed by atoms with Crippen LogP contribution in [0.4, 0.5) is 0 Å². The molecule has 0 aliphatic carbocycles. The Hall–Kier alpha value is -0.750. The molecule has 20 heavy (non-hydrogen) atoms. The summed E-state index contributed by atoms with van der Waals surface area (Å²) < 4.78 is 0. The van der Waals surface area contributed by atoms with Crippen molar-refractivity contribution in [2.24, 2.45) is 0 Å². The van der Waals surface area contributed by atoms with Crippen LogP contribution in [0.1, 0.15) is 39.5 Å². The van der Waals surface area contributed by atoms with Crippen molar-refractivity contribution in [3.8, 4) is 0 Å². The third-order valence-corrected chi connectivity index (χ3v) is 5.34. The summed E-state index contributed by atoms with van der Waals surface area (Å²) in [6.07, 6.45) is 0. The lowest BCUT2D eigenvalue weighted by molar-refractivity contribution is 0.285. The van der Waals surface area contributed by atoms with E-state index in [1.54, 1.807) is 11.3 Å². The number of aromatic nitrogens is 1. The van der Waals surface area contributed by atoms with E-state index in [-0.39, 0.29) is 0 Å². The Kier molecular flexibility index (Phi) is 5.32. The zero-order chi connectivity index (χ0) is 14.7.